The number of rotatable bonds is 6. The summed E-state index contributed by atoms with van der Waals surface area (Å²) in [6.45, 7) is 1.63. The van der Waals surface area contributed by atoms with Crippen LogP contribution in [0.3, 0.4) is 0 Å². The molecule has 0 amide bonds. The molecule has 2 aromatic carbocycles. The average molecular weight is 422 g/mol. The maximum absolute atomic E-state index is 13.5. The summed E-state index contributed by atoms with van der Waals surface area (Å²) in [5.41, 5.74) is 2.71. The number of pyridine rings is 1. The predicted molar refractivity (Wildman–Crippen MR) is 111 cm³/mol. The summed E-state index contributed by atoms with van der Waals surface area (Å²) < 4.78 is 41.0. The highest BCUT2D eigenvalue weighted by molar-refractivity contribution is 7.91. The lowest BCUT2D eigenvalue weighted by atomic mass is 10.0. The minimum absolute atomic E-state index is 0.00214. The van der Waals surface area contributed by atoms with E-state index in [0.29, 0.717) is 24.0 Å². The lowest BCUT2D eigenvalue weighted by molar-refractivity contribution is 0.0982. The van der Waals surface area contributed by atoms with Gasteiger partial charge in [-0.1, -0.05) is 18.2 Å². The van der Waals surface area contributed by atoms with Crippen LogP contribution in [0, 0.1) is 12.7 Å². The van der Waals surface area contributed by atoms with Gasteiger partial charge < -0.3 is 4.40 Å². The third-order valence-corrected chi connectivity index (χ3v) is 6.94. The smallest absolute Gasteiger partial charge is 0.206 e. The number of imidazole rings is 1. The molecule has 2 aromatic heterocycles. The Morgan fingerprint density at radius 1 is 1.07 bits per heavy atom. The van der Waals surface area contributed by atoms with Gasteiger partial charge in [-0.25, -0.2) is 17.8 Å². The van der Waals surface area contributed by atoms with Gasteiger partial charge in [0.15, 0.2) is 5.78 Å². The minimum Gasteiger partial charge on any atom is -0.306 e. The molecule has 0 N–H and O–H groups in total. The Bertz CT molecular complexity index is 1340. The largest absolute Gasteiger partial charge is 0.306 e. The SMILES string of the molecule is Cc1ccc(F)cc1S(=O)(=O)c1ccc(CCC(=O)c2ccc3nccn3c2)cc1. The fourth-order valence-electron chi connectivity index (χ4n) is 3.31. The summed E-state index contributed by atoms with van der Waals surface area (Å²) in [7, 11) is -3.81. The molecule has 0 radical (unpaired) electrons. The van der Waals surface area contributed by atoms with E-state index in [0.717, 1.165) is 17.3 Å². The van der Waals surface area contributed by atoms with E-state index < -0.39 is 15.7 Å². The van der Waals surface area contributed by atoms with Crippen molar-refractivity contribution < 1.29 is 17.6 Å². The molecule has 30 heavy (non-hydrogen) atoms. The van der Waals surface area contributed by atoms with E-state index >= 15 is 0 Å². The predicted octanol–water partition coefficient (Wildman–Crippen LogP) is 4.43. The van der Waals surface area contributed by atoms with Crippen LogP contribution in [0.4, 0.5) is 4.39 Å². The quantitative estimate of drug-likeness (QED) is 0.431. The summed E-state index contributed by atoms with van der Waals surface area (Å²) in [5, 5.41) is 0. The first-order valence-corrected chi connectivity index (χ1v) is 10.9. The molecular formula is C23H19FN2O3S. The van der Waals surface area contributed by atoms with Crippen LogP contribution in [-0.4, -0.2) is 23.6 Å². The van der Waals surface area contributed by atoms with E-state index in [-0.39, 0.29) is 15.6 Å². The van der Waals surface area contributed by atoms with Crippen LogP contribution in [0.5, 0.6) is 0 Å². The molecule has 0 atom stereocenters. The Labute approximate surface area is 173 Å². The first-order chi connectivity index (χ1) is 14.3. The number of carbonyl (C=O) groups excluding carboxylic acids is 1. The highest BCUT2D eigenvalue weighted by Gasteiger charge is 2.20. The number of aryl methyl sites for hydroxylation is 2. The zero-order valence-corrected chi connectivity index (χ0v) is 17.1. The van der Waals surface area contributed by atoms with Gasteiger partial charge in [-0.3, -0.25) is 4.79 Å². The molecule has 4 aromatic rings. The number of fused-ring (bicyclic) bond motifs is 1. The van der Waals surface area contributed by atoms with Crippen molar-refractivity contribution in [3.05, 3.63) is 95.7 Å². The standard InChI is InChI=1S/C23H19FN2O3S/c1-16-2-7-19(24)14-22(16)30(28,29)20-8-3-17(4-9-20)5-10-21(27)18-6-11-23-25-12-13-26(23)15-18/h2-4,6-9,11-15H,5,10H2,1H3. The Kier molecular flexibility index (Phi) is 5.22. The summed E-state index contributed by atoms with van der Waals surface area (Å²) in [6, 6.07) is 13.6. The number of Topliss-reactive ketones (excluding diaryl/α,β-unsaturated/α-hetero) is 1. The average Bonchev–Trinajstić information content (AvgIpc) is 3.22. The van der Waals surface area contributed by atoms with Gasteiger partial charge in [0.2, 0.25) is 9.84 Å². The van der Waals surface area contributed by atoms with Crippen molar-refractivity contribution in [3.8, 4) is 0 Å². The van der Waals surface area contributed by atoms with Gasteiger partial charge in [-0.05, 0) is 60.9 Å². The molecule has 2 heterocycles. The number of halogens is 1. The summed E-state index contributed by atoms with van der Waals surface area (Å²) in [4.78, 5) is 16.7. The van der Waals surface area contributed by atoms with Crippen LogP contribution in [0.1, 0.15) is 27.9 Å². The second-order valence-electron chi connectivity index (χ2n) is 7.09. The Hall–Kier alpha value is -3.32. The van der Waals surface area contributed by atoms with Crippen molar-refractivity contribution in [3.63, 3.8) is 0 Å². The molecule has 5 nitrogen and oxygen atoms in total. The highest BCUT2D eigenvalue weighted by atomic mass is 32.2. The van der Waals surface area contributed by atoms with Gasteiger partial charge >= 0.3 is 0 Å². The van der Waals surface area contributed by atoms with Crippen molar-refractivity contribution in [1.29, 1.82) is 0 Å². The molecular weight excluding hydrogens is 403 g/mol. The molecule has 4 rings (SSSR count). The molecule has 0 aliphatic rings. The van der Waals surface area contributed by atoms with Crippen molar-refractivity contribution in [2.24, 2.45) is 0 Å². The van der Waals surface area contributed by atoms with E-state index in [9.17, 15) is 17.6 Å². The van der Waals surface area contributed by atoms with Crippen LogP contribution in [0.25, 0.3) is 5.65 Å². The van der Waals surface area contributed by atoms with Crippen molar-refractivity contribution >= 4 is 21.3 Å². The molecule has 7 heteroatoms. The molecule has 0 spiro atoms. The molecule has 152 valence electrons. The van der Waals surface area contributed by atoms with E-state index in [1.165, 1.54) is 24.3 Å². The topological polar surface area (TPSA) is 68.5 Å². The number of nitrogens with zero attached hydrogens (tertiary/aromatic N) is 2. The molecule has 0 saturated heterocycles. The van der Waals surface area contributed by atoms with Crippen LogP contribution in [0.15, 0.2) is 83.0 Å². The van der Waals surface area contributed by atoms with Gasteiger partial charge in [0.1, 0.15) is 11.5 Å². The lowest BCUT2D eigenvalue weighted by Crippen LogP contribution is -2.05. The minimum atomic E-state index is -3.81. The zero-order chi connectivity index (χ0) is 21.3. The monoisotopic (exact) mass is 422 g/mol. The molecule has 0 aliphatic heterocycles. The first-order valence-electron chi connectivity index (χ1n) is 9.41. The van der Waals surface area contributed by atoms with E-state index in [2.05, 4.69) is 4.98 Å². The van der Waals surface area contributed by atoms with Gasteiger partial charge in [0.05, 0.1) is 9.79 Å². The molecule has 0 aliphatic carbocycles. The number of hydrogen-bond acceptors (Lipinski definition) is 4. The van der Waals surface area contributed by atoms with Gasteiger partial charge in [0, 0.05) is 30.6 Å². The van der Waals surface area contributed by atoms with E-state index in [4.69, 9.17) is 0 Å². The molecule has 0 saturated carbocycles. The fourth-order valence-corrected chi connectivity index (χ4v) is 4.82. The van der Waals surface area contributed by atoms with Crippen LogP contribution >= 0.6 is 0 Å². The molecule has 0 fully saturated rings. The molecule has 0 bridgehead atoms. The molecule has 0 unspecified atom stereocenters. The maximum Gasteiger partial charge on any atom is 0.206 e. The lowest BCUT2D eigenvalue weighted by Gasteiger charge is -2.09. The third kappa shape index (κ3) is 3.89. The van der Waals surface area contributed by atoms with E-state index in [1.54, 1.807) is 54.2 Å². The number of aromatic nitrogens is 2. The third-order valence-electron chi connectivity index (χ3n) is 5.02. The second kappa shape index (κ2) is 7.84. The second-order valence-corrected chi connectivity index (χ2v) is 9.01. The summed E-state index contributed by atoms with van der Waals surface area (Å²) >= 11 is 0. The highest BCUT2D eigenvalue weighted by Crippen LogP contribution is 2.25. The van der Waals surface area contributed by atoms with Crippen LogP contribution in [0.2, 0.25) is 0 Å². The maximum atomic E-state index is 13.5. The number of benzene rings is 2. The summed E-state index contributed by atoms with van der Waals surface area (Å²) in [6.07, 6.45) is 5.99. The van der Waals surface area contributed by atoms with Crippen LogP contribution < -0.4 is 0 Å². The fraction of sp³-hybridized carbons (Fsp3) is 0.130. The van der Waals surface area contributed by atoms with Crippen molar-refractivity contribution in [2.45, 2.75) is 29.6 Å². The number of sulfone groups is 1. The van der Waals surface area contributed by atoms with E-state index in [1.807, 2.05) is 0 Å². The zero-order valence-electron chi connectivity index (χ0n) is 16.2. The van der Waals surface area contributed by atoms with Crippen molar-refractivity contribution in [2.75, 3.05) is 0 Å². The number of hydrogen-bond donors (Lipinski definition) is 0. The van der Waals surface area contributed by atoms with Gasteiger partial charge in [0.25, 0.3) is 0 Å². The Balaban J connectivity index is 1.48. The van der Waals surface area contributed by atoms with Crippen molar-refractivity contribution in [1.82, 2.24) is 9.38 Å². The Morgan fingerprint density at radius 3 is 2.60 bits per heavy atom. The summed E-state index contributed by atoms with van der Waals surface area (Å²) in [5.74, 6) is -0.596. The van der Waals surface area contributed by atoms with Gasteiger partial charge in [-0.2, -0.15) is 0 Å². The number of ketones is 1. The first kappa shape index (κ1) is 20.0. The number of carbonyl (C=O) groups is 1. The Morgan fingerprint density at radius 2 is 1.83 bits per heavy atom. The normalized spacial score (nSPS) is 11.7. The van der Waals surface area contributed by atoms with Crippen LogP contribution in [-0.2, 0) is 16.3 Å². The van der Waals surface area contributed by atoms with Gasteiger partial charge in [-0.15, -0.1) is 0 Å².